The van der Waals surface area contributed by atoms with E-state index >= 15 is 0 Å². The molecule has 0 unspecified atom stereocenters. The molecule has 18 heavy (non-hydrogen) atoms. The molecule has 0 saturated carbocycles. The van der Waals surface area contributed by atoms with Crippen LogP contribution in [0.25, 0.3) is 0 Å². The highest BCUT2D eigenvalue weighted by molar-refractivity contribution is 5.49. The molecule has 0 amide bonds. The number of fused-ring (bicyclic) bond motifs is 1. The first-order valence-electron chi connectivity index (χ1n) is 6.70. The summed E-state index contributed by atoms with van der Waals surface area (Å²) in [7, 11) is 3.39. The summed E-state index contributed by atoms with van der Waals surface area (Å²) < 4.78 is 10.8. The van der Waals surface area contributed by atoms with E-state index < -0.39 is 0 Å². The fourth-order valence-corrected chi connectivity index (χ4v) is 2.79. The highest BCUT2D eigenvalue weighted by Gasteiger charge is 2.25. The Morgan fingerprint density at radius 2 is 1.89 bits per heavy atom. The predicted molar refractivity (Wildman–Crippen MR) is 73.5 cm³/mol. The van der Waals surface area contributed by atoms with E-state index in [0.717, 1.165) is 31.0 Å². The maximum absolute atomic E-state index is 5.40. The second kappa shape index (κ2) is 5.61. The van der Waals surface area contributed by atoms with Crippen molar-refractivity contribution >= 4 is 0 Å². The summed E-state index contributed by atoms with van der Waals surface area (Å²) in [6.07, 6.45) is 2.30. The number of rotatable bonds is 4. The lowest BCUT2D eigenvalue weighted by atomic mass is 9.92. The van der Waals surface area contributed by atoms with Gasteiger partial charge in [0.1, 0.15) is 0 Å². The zero-order valence-electron chi connectivity index (χ0n) is 11.8. The van der Waals surface area contributed by atoms with Crippen molar-refractivity contribution in [1.82, 2.24) is 4.90 Å². The molecule has 0 saturated heterocycles. The maximum atomic E-state index is 5.40. The van der Waals surface area contributed by atoms with Crippen LogP contribution in [-0.4, -0.2) is 32.2 Å². The van der Waals surface area contributed by atoms with Crippen molar-refractivity contribution < 1.29 is 9.47 Å². The number of hydrogen-bond donors (Lipinski definition) is 0. The fourth-order valence-electron chi connectivity index (χ4n) is 2.79. The van der Waals surface area contributed by atoms with Gasteiger partial charge in [-0.15, -0.1) is 0 Å². The minimum Gasteiger partial charge on any atom is -0.493 e. The predicted octanol–water partition coefficient (Wildman–Crippen LogP) is 3.03. The first-order valence-corrected chi connectivity index (χ1v) is 6.70. The number of nitrogens with zero attached hydrogens (tertiary/aromatic N) is 1. The lowest BCUT2D eigenvalue weighted by molar-refractivity contribution is 0.198. The Morgan fingerprint density at radius 1 is 1.22 bits per heavy atom. The first kappa shape index (κ1) is 13.2. The van der Waals surface area contributed by atoms with E-state index in [1.54, 1.807) is 14.2 Å². The number of hydrogen-bond acceptors (Lipinski definition) is 3. The average Bonchev–Trinajstić information content (AvgIpc) is 2.41. The molecule has 1 aliphatic rings. The second-order valence-electron chi connectivity index (χ2n) is 4.87. The van der Waals surface area contributed by atoms with E-state index in [0.29, 0.717) is 6.04 Å². The van der Waals surface area contributed by atoms with Crippen LogP contribution < -0.4 is 9.47 Å². The maximum Gasteiger partial charge on any atom is 0.161 e. The van der Waals surface area contributed by atoms with Gasteiger partial charge in [-0.05, 0) is 49.6 Å². The van der Waals surface area contributed by atoms with Crippen LogP contribution in [0.5, 0.6) is 11.5 Å². The van der Waals surface area contributed by atoms with Gasteiger partial charge in [-0.1, -0.05) is 6.92 Å². The van der Waals surface area contributed by atoms with Crippen LogP contribution in [-0.2, 0) is 6.42 Å². The van der Waals surface area contributed by atoms with Gasteiger partial charge in [0.15, 0.2) is 11.5 Å². The SMILES string of the molecule is CCCN1CCc2cc(OC)c(OC)cc2[C@H]1C. The summed E-state index contributed by atoms with van der Waals surface area (Å²) in [5.41, 5.74) is 2.78. The third-order valence-corrected chi connectivity index (χ3v) is 3.82. The van der Waals surface area contributed by atoms with Gasteiger partial charge in [0, 0.05) is 12.6 Å². The topological polar surface area (TPSA) is 21.7 Å². The quantitative estimate of drug-likeness (QED) is 0.818. The molecule has 0 radical (unpaired) electrons. The van der Waals surface area contributed by atoms with E-state index in [9.17, 15) is 0 Å². The van der Waals surface area contributed by atoms with Crippen molar-refractivity contribution in [3.63, 3.8) is 0 Å². The molecular weight excluding hydrogens is 226 g/mol. The van der Waals surface area contributed by atoms with E-state index in [4.69, 9.17) is 9.47 Å². The standard InChI is InChI=1S/C15H23NO2/c1-5-7-16-8-6-12-9-14(17-3)15(18-4)10-13(12)11(16)2/h9-11H,5-8H2,1-4H3/t11-/m1/s1. The van der Waals surface area contributed by atoms with Gasteiger partial charge in [-0.3, -0.25) is 4.90 Å². The molecule has 3 nitrogen and oxygen atoms in total. The second-order valence-corrected chi connectivity index (χ2v) is 4.87. The Morgan fingerprint density at radius 3 is 2.50 bits per heavy atom. The van der Waals surface area contributed by atoms with Crippen molar-refractivity contribution in [1.29, 1.82) is 0 Å². The highest BCUT2D eigenvalue weighted by atomic mass is 16.5. The molecule has 1 atom stereocenters. The zero-order valence-corrected chi connectivity index (χ0v) is 11.8. The molecule has 3 heteroatoms. The number of methoxy groups -OCH3 is 2. The molecule has 2 rings (SSSR count). The van der Waals surface area contributed by atoms with Crippen LogP contribution in [0.3, 0.4) is 0 Å². The molecular formula is C15H23NO2. The Labute approximate surface area is 110 Å². The molecule has 0 N–H and O–H groups in total. The molecule has 1 aromatic rings. The summed E-state index contributed by atoms with van der Waals surface area (Å²) in [4.78, 5) is 2.54. The largest absolute Gasteiger partial charge is 0.493 e. The van der Waals surface area contributed by atoms with Gasteiger partial charge in [-0.25, -0.2) is 0 Å². The first-order chi connectivity index (χ1) is 8.71. The molecule has 0 spiro atoms. The third-order valence-electron chi connectivity index (χ3n) is 3.82. The van der Waals surface area contributed by atoms with Gasteiger partial charge in [0.25, 0.3) is 0 Å². The van der Waals surface area contributed by atoms with Crippen LogP contribution in [0.1, 0.15) is 37.4 Å². The van der Waals surface area contributed by atoms with Crippen molar-refractivity contribution in [3.05, 3.63) is 23.3 Å². The zero-order chi connectivity index (χ0) is 13.1. The van der Waals surface area contributed by atoms with Crippen molar-refractivity contribution in [3.8, 4) is 11.5 Å². The lowest BCUT2D eigenvalue weighted by Gasteiger charge is -2.35. The monoisotopic (exact) mass is 249 g/mol. The Kier molecular flexibility index (Phi) is 4.12. The van der Waals surface area contributed by atoms with Crippen LogP contribution in [0.4, 0.5) is 0 Å². The van der Waals surface area contributed by atoms with E-state index in [1.165, 1.54) is 17.5 Å². The van der Waals surface area contributed by atoms with Gasteiger partial charge < -0.3 is 9.47 Å². The van der Waals surface area contributed by atoms with E-state index in [1.807, 2.05) is 0 Å². The summed E-state index contributed by atoms with van der Waals surface area (Å²) in [5, 5.41) is 0. The van der Waals surface area contributed by atoms with Crippen molar-refractivity contribution in [2.45, 2.75) is 32.7 Å². The minimum absolute atomic E-state index is 0.466. The molecule has 0 fully saturated rings. The molecule has 100 valence electrons. The fraction of sp³-hybridized carbons (Fsp3) is 0.600. The third kappa shape index (κ3) is 2.32. The molecule has 1 aliphatic heterocycles. The number of benzene rings is 1. The van der Waals surface area contributed by atoms with E-state index in [-0.39, 0.29) is 0 Å². The smallest absolute Gasteiger partial charge is 0.161 e. The summed E-state index contributed by atoms with van der Waals surface area (Å²) in [6.45, 7) is 6.81. The van der Waals surface area contributed by atoms with Crippen LogP contribution >= 0.6 is 0 Å². The Hall–Kier alpha value is -1.22. The van der Waals surface area contributed by atoms with E-state index in [2.05, 4.69) is 30.9 Å². The Bertz CT molecular complexity index is 417. The summed E-state index contributed by atoms with van der Waals surface area (Å²) in [6, 6.07) is 4.74. The van der Waals surface area contributed by atoms with Crippen molar-refractivity contribution in [2.75, 3.05) is 27.3 Å². The molecule has 1 heterocycles. The van der Waals surface area contributed by atoms with Gasteiger partial charge in [0.2, 0.25) is 0 Å². The lowest BCUT2D eigenvalue weighted by Crippen LogP contribution is -2.34. The van der Waals surface area contributed by atoms with Gasteiger partial charge in [-0.2, -0.15) is 0 Å². The number of ether oxygens (including phenoxy) is 2. The minimum atomic E-state index is 0.466. The van der Waals surface area contributed by atoms with Crippen LogP contribution in [0, 0.1) is 0 Å². The summed E-state index contributed by atoms with van der Waals surface area (Å²) in [5.74, 6) is 1.67. The van der Waals surface area contributed by atoms with Gasteiger partial charge >= 0.3 is 0 Å². The van der Waals surface area contributed by atoms with Gasteiger partial charge in [0.05, 0.1) is 14.2 Å². The average molecular weight is 249 g/mol. The normalized spacial score (nSPS) is 19.4. The Balaban J connectivity index is 2.35. The van der Waals surface area contributed by atoms with Crippen LogP contribution in [0.15, 0.2) is 12.1 Å². The molecule has 1 aromatic carbocycles. The molecule has 0 aliphatic carbocycles. The van der Waals surface area contributed by atoms with Crippen molar-refractivity contribution in [2.24, 2.45) is 0 Å². The molecule has 0 bridgehead atoms. The molecule has 0 aromatic heterocycles. The summed E-state index contributed by atoms with van der Waals surface area (Å²) >= 11 is 0. The van der Waals surface area contributed by atoms with Crippen LogP contribution in [0.2, 0.25) is 0 Å². The highest BCUT2D eigenvalue weighted by Crippen LogP contribution is 2.37.